The van der Waals surface area contributed by atoms with Crippen LogP contribution in [0.4, 0.5) is 11.6 Å². The molecule has 2 rings (SSSR count). The number of nitrogens with two attached hydrogens (primary N) is 1. The molecule has 0 spiro atoms. The summed E-state index contributed by atoms with van der Waals surface area (Å²) in [6, 6.07) is 5.79. The molecular formula is C15H21N5. The maximum absolute atomic E-state index is 5.84. The Morgan fingerprint density at radius 3 is 2.50 bits per heavy atom. The van der Waals surface area contributed by atoms with Gasteiger partial charge in [0.1, 0.15) is 17.5 Å². The van der Waals surface area contributed by atoms with Crippen molar-refractivity contribution in [3.63, 3.8) is 0 Å². The lowest BCUT2D eigenvalue weighted by molar-refractivity contribution is 0.547. The average Bonchev–Trinajstić information content (AvgIpc) is 2.38. The zero-order valence-corrected chi connectivity index (χ0v) is 12.2. The van der Waals surface area contributed by atoms with E-state index in [9.17, 15) is 0 Å². The second-order valence-corrected chi connectivity index (χ2v) is 5.78. The van der Waals surface area contributed by atoms with Crippen molar-refractivity contribution in [2.24, 2.45) is 0 Å². The van der Waals surface area contributed by atoms with Crippen molar-refractivity contribution in [2.75, 3.05) is 17.6 Å². The number of nitrogens with zero attached hydrogens (tertiary/aromatic N) is 3. The molecule has 5 nitrogen and oxygen atoms in total. The Hall–Kier alpha value is -2.17. The van der Waals surface area contributed by atoms with Crippen LogP contribution in [0.25, 0.3) is 0 Å². The van der Waals surface area contributed by atoms with Gasteiger partial charge < -0.3 is 11.1 Å². The Balaban J connectivity index is 2.01. The van der Waals surface area contributed by atoms with Gasteiger partial charge in [0.25, 0.3) is 0 Å². The van der Waals surface area contributed by atoms with E-state index in [0.717, 1.165) is 24.6 Å². The predicted molar refractivity (Wildman–Crippen MR) is 81.6 cm³/mol. The molecule has 2 aromatic heterocycles. The quantitative estimate of drug-likeness (QED) is 0.893. The van der Waals surface area contributed by atoms with Crippen LogP contribution in [-0.4, -0.2) is 21.5 Å². The Kier molecular flexibility index (Phi) is 4.17. The number of rotatable bonds is 4. The summed E-state index contributed by atoms with van der Waals surface area (Å²) in [5.41, 5.74) is 6.97. The molecule has 3 N–H and O–H groups in total. The summed E-state index contributed by atoms with van der Waals surface area (Å²) in [6.07, 6.45) is 4.52. The zero-order chi connectivity index (χ0) is 14.6. The van der Waals surface area contributed by atoms with E-state index < -0.39 is 0 Å². The van der Waals surface area contributed by atoms with Crippen molar-refractivity contribution in [3.05, 3.63) is 42.0 Å². The molecule has 5 heteroatoms. The largest absolute Gasteiger partial charge is 0.384 e. The molecule has 106 valence electrons. The van der Waals surface area contributed by atoms with Crippen molar-refractivity contribution in [2.45, 2.75) is 32.6 Å². The molecule has 0 atom stereocenters. The third-order valence-electron chi connectivity index (χ3n) is 2.89. The molecule has 0 fully saturated rings. The van der Waals surface area contributed by atoms with E-state index in [2.05, 4.69) is 41.0 Å². The van der Waals surface area contributed by atoms with Crippen LogP contribution in [0.1, 0.15) is 32.2 Å². The minimum absolute atomic E-state index is 0.114. The van der Waals surface area contributed by atoms with Gasteiger partial charge in [-0.05, 0) is 24.1 Å². The maximum atomic E-state index is 5.84. The fourth-order valence-corrected chi connectivity index (χ4v) is 1.78. The van der Waals surface area contributed by atoms with E-state index in [1.165, 1.54) is 5.56 Å². The molecule has 20 heavy (non-hydrogen) atoms. The monoisotopic (exact) mass is 271 g/mol. The first-order chi connectivity index (χ1) is 9.45. The summed E-state index contributed by atoms with van der Waals surface area (Å²) in [4.78, 5) is 12.8. The summed E-state index contributed by atoms with van der Waals surface area (Å²) in [7, 11) is 0. The standard InChI is InChI=1S/C15H21N5/c1-15(2,3)14-19-12(16)10-13(20-14)18-9-6-11-4-7-17-8-5-11/h4-5,7-8,10H,6,9H2,1-3H3,(H3,16,18,19,20). The minimum atomic E-state index is -0.114. The first-order valence-electron chi connectivity index (χ1n) is 6.73. The number of pyridine rings is 1. The third-order valence-corrected chi connectivity index (χ3v) is 2.89. The van der Waals surface area contributed by atoms with E-state index >= 15 is 0 Å². The number of nitrogen functional groups attached to an aromatic ring is 1. The van der Waals surface area contributed by atoms with Gasteiger partial charge in [0.15, 0.2) is 0 Å². The van der Waals surface area contributed by atoms with Crippen LogP contribution in [-0.2, 0) is 11.8 Å². The Bertz CT molecular complexity index is 560. The average molecular weight is 271 g/mol. The van der Waals surface area contributed by atoms with Crippen molar-refractivity contribution in [1.82, 2.24) is 15.0 Å². The predicted octanol–water partition coefficient (Wildman–Crippen LogP) is 2.41. The van der Waals surface area contributed by atoms with Gasteiger partial charge in [-0.1, -0.05) is 20.8 Å². The third kappa shape index (κ3) is 3.91. The van der Waals surface area contributed by atoms with Gasteiger partial charge >= 0.3 is 0 Å². The summed E-state index contributed by atoms with van der Waals surface area (Å²) < 4.78 is 0. The number of nitrogens with one attached hydrogen (secondary N) is 1. The zero-order valence-electron chi connectivity index (χ0n) is 12.2. The highest BCUT2D eigenvalue weighted by molar-refractivity contribution is 5.45. The molecule has 0 aliphatic carbocycles. The Morgan fingerprint density at radius 2 is 1.85 bits per heavy atom. The molecule has 0 aliphatic heterocycles. The second-order valence-electron chi connectivity index (χ2n) is 5.78. The molecule has 0 radical (unpaired) electrons. The summed E-state index contributed by atoms with van der Waals surface area (Å²) >= 11 is 0. The van der Waals surface area contributed by atoms with E-state index in [0.29, 0.717) is 5.82 Å². The van der Waals surface area contributed by atoms with Crippen LogP contribution >= 0.6 is 0 Å². The molecule has 2 aromatic rings. The van der Waals surface area contributed by atoms with Gasteiger partial charge in [0.05, 0.1) is 0 Å². The summed E-state index contributed by atoms with van der Waals surface area (Å²) in [6.45, 7) is 7.01. The first-order valence-corrected chi connectivity index (χ1v) is 6.73. The Morgan fingerprint density at radius 1 is 1.15 bits per heavy atom. The van der Waals surface area contributed by atoms with Gasteiger partial charge in [-0.3, -0.25) is 4.98 Å². The fraction of sp³-hybridized carbons (Fsp3) is 0.400. The molecule has 2 heterocycles. The van der Waals surface area contributed by atoms with Crippen molar-refractivity contribution in [1.29, 1.82) is 0 Å². The minimum Gasteiger partial charge on any atom is -0.384 e. The molecule has 0 saturated carbocycles. The van der Waals surface area contributed by atoms with E-state index in [-0.39, 0.29) is 5.41 Å². The lowest BCUT2D eigenvalue weighted by Crippen LogP contribution is -2.18. The fourth-order valence-electron chi connectivity index (χ4n) is 1.78. The number of hydrogen-bond donors (Lipinski definition) is 2. The van der Waals surface area contributed by atoms with Crippen LogP contribution in [0.5, 0.6) is 0 Å². The molecule has 0 aliphatic rings. The van der Waals surface area contributed by atoms with Gasteiger partial charge in [0, 0.05) is 30.4 Å². The number of hydrogen-bond acceptors (Lipinski definition) is 5. The first kappa shape index (κ1) is 14.2. The van der Waals surface area contributed by atoms with E-state index in [1.54, 1.807) is 18.5 Å². The van der Waals surface area contributed by atoms with E-state index in [4.69, 9.17) is 5.73 Å². The van der Waals surface area contributed by atoms with Crippen LogP contribution < -0.4 is 11.1 Å². The second kappa shape index (κ2) is 5.86. The van der Waals surface area contributed by atoms with Crippen LogP contribution in [0, 0.1) is 0 Å². The van der Waals surface area contributed by atoms with Gasteiger partial charge in [-0.2, -0.15) is 0 Å². The summed E-state index contributed by atoms with van der Waals surface area (Å²) in [5, 5.41) is 3.29. The van der Waals surface area contributed by atoms with Crippen LogP contribution in [0.3, 0.4) is 0 Å². The Labute approximate surface area is 119 Å². The number of anilines is 2. The lowest BCUT2D eigenvalue weighted by Gasteiger charge is -2.18. The molecule has 0 amide bonds. The smallest absolute Gasteiger partial charge is 0.138 e. The highest BCUT2D eigenvalue weighted by Crippen LogP contribution is 2.21. The van der Waals surface area contributed by atoms with Crippen LogP contribution in [0.2, 0.25) is 0 Å². The SMILES string of the molecule is CC(C)(C)c1nc(N)cc(NCCc2ccncc2)n1. The molecule has 0 saturated heterocycles. The van der Waals surface area contributed by atoms with Gasteiger partial charge in [-0.15, -0.1) is 0 Å². The molecule has 0 aromatic carbocycles. The normalized spacial score (nSPS) is 11.3. The van der Waals surface area contributed by atoms with Crippen molar-refractivity contribution < 1.29 is 0 Å². The highest BCUT2D eigenvalue weighted by Gasteiger charge is 2.18. The van der Waals surface area contributed by atoms with Gasteiger partial charge in [-0.25, -0.2) is 9.97 Å². The van der Waals surface area contributed by atoms with Crippen molar-refractivity contribution >= 4 is 11.6 Å². The lowest BCUT2D eigenvalue weighted by atomic mass is 9.96. The van der Waals surface area contributed by atoms with Gasteiger partial charge in [0.2, 0.25) is 0 Å². The van der Waals surface area contributed by atoms with Crippen molar-refractivity contribution in [3.8, 4) is 0 Å². The van der Waals surface area contributed by atoms with Crippen LogP contribution in [0.15, 0.2) is 30.6 Å². The highest BCUT2D eigenvalue weighted by atomic mass is 15.1. The molecule has 0 bridgehead atoms. The topological polar surface area (TPSA) is 76.7 Å². The molecule has 0 unspecified atom stereocenters. The number of aromatic nitrogens is 3. The molecular weight excluding hydrogens is 250 g/mol. The summed E-state index contributed by atoms with van der Waals surface area (Å²) in [5.74, 6) is 2.02. The van der Waals surface area contributed by atoms with E-state index in [1.807, 2.05) is 12.1 Å². The maximum Gasteiger partial charge on any atom is 0.138 e.